The standard InChI is InChI=1S/C16H22O4/c1-3-16(4-2,11-15(19)20)13-8-5-12(6-9-13)7-10-14(17)18/h5-6,8-9H,3-4,7,10-11H2,1-2H3,(H,17,18)(H,19,20). The van der Waals surface area contributed by atoms with Crippen LogP contribution in [0.2, 0.25) is 0 Å². The topological polar surface area (TPSA) is 74.6 Å². The molecule has 0 aliphatic carbocycles. The molecule has 110 valence electrons. The first-order chi connectivity index (χ1) is 9.43. The van der Waals surface area contributed by atoms with Crippen LogP contribution in [0.5, 0.6) is 0 Å². The van der Waals surface area contributed by atoms with Gasteiger partial charge < -0.3 is 10.2 Å². The molecule has 1 aromatic rings. The van der Waals surface area contributed by atoms with Crippen LogP contribution in [0.1, 0.15) is 50.7 Å². The van der Waals surface area contributed by atoms with E-state index in [0.717, 1.165) is 24.0 Å². The minimum Gasteiger partial charge on any atom is -0.481 e. The van der Waals surface area contributed by atoms with Crippen LogP contribution in [-0.4, -0.2) is 22.2 Å². The molecule has 1 aromatic carbocycles. The van der Waals surface area contributed by atoms with Crippen molar-refractivity contribution in [2.45, 2.75) is 51.4 Å². The summed E-state index contributed by atoms with van der Waals surface area (Å²) >= 11 is 0. The van der Waals surface area contributed by atoms with Crippen LogP contribution < -0.4 is 0 Å². The number of carboxylic acids is 2. The van der Waals surface area contributed by atoms with Crippen LogP contribution in [0.15, 0.2) is 24.3 Å². The summed E-state index contributed by atoms with van der Waals surface area (Å²) in [5.41, 5.74) is 1.65. The van der Waals surface area contributed by atoms with E-state index in [2.05, 4.69) is 0 Å². The van der Waals surface area contributed by atoms with Gasteiger partial charge in [-0.25, -0.2) is 0 Å². The minimum atomic E-state index is -0.809. The van der Waals surface area contributed by atoms with Gasteiger partial charge >= 0.3 is 11.9 Å². The van der Waals surface area contributed by atoms with Crippen molar-refractivity contribution in [2.24, 2.45) is 0 Å². The highest BCUT2D eigenvalue weighted by Crippen LogP contribution is 2.35. The molecule has 0 radical (unpaired) electrons. The maximum atomic E-state index is 11.1. The second kappa shape index (κ2) is 7.08. The summed E-state index contributed by atoms with van der Waals surface area (Å²) in [6.45, 7) is 4.01. The highest BCUT2D eigenvalue weighted by Gasteiger charge is 2.31. The Hall–Kier alpha value is -1.84. The van der Waals surface area contributed by atoms with Crippen molar-refractivity contribution in [3.63, 3.8) is 0 Å². The second-order valence-corrected chi connectivity index (χ2v) is 5.15. The van der Waals surface area contributed by atoms with E-state index in [1.54, 1.807) is 0 Å². The van der Waals surface area contributed by atoms with Gasteiger partial charge in [0.15, 0.2) is 0 Å². The molecule has 4 heteroatoms. The zero-order valence-electron chi connectivity index (χ0n) is 12.1. The van der Waals surface area contributed by atoms with E-state index in [4.69, 9.17) is 10.2 Å². The maximum absolute atomic E-state index is 11.1. The number of hydrogen-bond donors (Lipinski definition) is 2. The number of carbonyl (C=O) groups is 2. The predicted molar refractivity (Wildman–Crippen MR) is 76.9 cm³/mol. The molecule has 2 N–H and O–H groups in total. The molecule has 20 heavy (non-hydrogen) atoms. The van der Waals surface area contributed by atoms with Crippen molar-refractivity contribution in [3.8, 4) is 0 Å². The number of benzene rings is 1. The van der Waals surface area contributed by atoms with Gasteiger partial charge in [0, 0.05) is 11.8 Å². The smallest absolute Gasteiger partial charge is 0.304 e. The number of rotatable bonds is 8. The van der Waals surface area contributed by atoms with Crippen LogP contribution in [0.25, 0.3) is 0 Å². The van der Waals surface area contributed by atoms with Crippen molar-refractivity contribution in [2.75, 3.05) is 0 Å². The van der Waals surface area contributed by atoms with Gasteiger partial charge in [0.25, 0.3) is 0 Å². The SMILES string of the molecule is CCC(CC)(CC(=O)O)c1ccc(CCC(=O)O)cc1. The van der Waals surface area contributed by atoms with Gasteiger partial charge in [-0.3, -0.25) is 9.59 Å². The molecule has 0 spiro atoms. The first kappa shape index (κ1) is 16.2. The fourth-order valence-corrected chi connectivity index (χ4v) is 2.58. The molecule has 0 amide bonds. The zero-order valence-corrected chi connectivity index (χ0v) is 12.1. The number of carboxylic acid groups (broad SMARTS) is 2. The van der Waals surface area contributed by atoms with Crippen molar-refractivity contribution in [1.29, 1.82) is 0 Å². The summed E-state index contributed by atoms with van der Waals surface area (Å²) < 4.78 is 0. The molecule has 4 nitrogen and oxygen atoms in total. The fourth-order valence-electron chi connectivity index (χ4n) is 2.58. The minimum absolute atomic E-state index is 0.112. The van der Waals surface area contributed by atoms with E-state index >= 15 is 0 Å². The van der Waals surface area contributed by atoms with Crippen LogP contribution >= 0.6 is 0 Å². The van der Waals surface area contributed by atoms with E-state index in [1.165, 1.54) is 0 Å². The molecule has 0 fully saturated rings. The molecule has 0 unspecified atom stereocenters. The molecule has 0 aliphatic heterocycles. The average molecular weight is 278 g/mol. The second-order valence-electron chi connectivity index (χ2n) is 5.15. The normalized spacial score (nSPS) is 11.3. The molecule has 0 bridgehead atoms. The Morgan fingerprint density at radius 2 is 1.55 bits per heavy atom. The first-order valence-electron chi connectivity index (χ1n) is 6.96. The summed E-state index contributed by atoms with van der Waals surface area (Å²) in [5.74, 6) is -1.60. The van der Waals surface area contributed by atoms with Crippen LogP contribution in [0.4, 0.5) is 0 Å². The molecule has 0 atom stereocenters. The molecular weight excluding hydrogens is 256 g/mol. The highest BCUT2D eigenvalue weighted by atomic mass is 16.4. The average Bonchev–Trinajstić information content (AvgIpc) is 2.43. The van der Waals surface area contributed by atoms with E-state index in [9.17, 15) is 9.59 Å². The number of hydrogen-bond acceptors (Lipinski definition) is 2. The summed E-state index contributed by atoms with van der Waals surface area (Å²) in [5, 5.41) is 17.8. The maximum Gasteiger partial charge on any atom is 0.304 e. The Labute approximate surface area is 119 Å². The zero-order chi connectivity index (χ0) is 15.2. The molecule has 0 aliphatic rings. The first-order valence-corrected chi connectivity index (χ1v) is 6.96. The molecule has 0 saturated heterocycles. The van der Waals surface area contributed by atoms with Gasteiger partial charge in [-0.05, 0) is 30.4 Å². The molecule has 1 rings (SSSR count). The molecule has 0 heterocycles. The van der Waals surface area contributed by atoms with E-state index in [-0.39, 0.29) is 18.3 Å². The quantitative estimate of drug-likeness (QED) is 0.765. The molecule has 0 aromatic heterocycles. The van der Waals surface area contributed by atoms with Crippen LogP contribution in [0.3, 0.4) is 0 Å². The van der Waals surface area contributed by atoms with Gasteiger partial charge in [0.05, 0.1) is 6.42 Å². The Morgan fingerprint density at radius 3 is 1.95 bits per heavy atom. The monoisotopic (exact) mass is 278 g/mol. The Balaban J connectivity index is 2.93. The van der Waals surface area contributed by atoms with E-state index in [0.29, 0.717) is 6.42 Å². The summed E-state index contributed by atoms with van der Waals surface area (Å²) in [6.07, 6.45) is 2.27. The van der Waals surface area contributed by atoms with Gasteiger partial charge in [0.1, 0.15) is 0 Å². The van der Waals surface area contributed by atoms with Gasteiger partial charge in [-0.2, -0.15) is 0 Å². The van der Waals surface area contributed by atoms with Crippen LogP contribution in [0, 0.1) is 0 Å². The lowest BCUT2D eigenvalue weighted by Gasteiger charge is -2.31. The van der Waals surface area contributed by atoms with Crippen molar-refractivity contribution in [1.82, 2.24) is 0 Å². The van der Waals surface area contributed by atoms with Crippen molar-refractivity contribution >= 4 is 11.9 Å². The third kappa shape index (κ3) is 4.08. The third-order valence-corrected chi connectivity index (χ3v) is 4.04. The van der Waals surface area contributed by atoms with Gasteiger partial charge in [-0.1, -0.05) is 38.1 Å². The number of aryl methyl sites for hydroxylation is 1. The fraction of sp³-hybridized carbons (Fsp3) is 0.500. The van der Waals surface area contributed by atoms with Crippen molar-refractivity contribution < 1.29 is 19.8 Å². The van der Waals surface area contributed by atoms with Crippen molar-refractivity contribution in [3.05, 3.63) is 35.4 Å². The number of aliphatic carboxylic acids is 2. The highest BCUT2D eigenvalue weighted by molar-refractivity contribution is 5.69. The lowest BCUT2D eigenvalue weighted by Crippen LogP contribution is -2.28. The lowest BCUT2D eigenvalue weighted by molar-refractivity contribution is -0.139. The third-order valence-electron chi connectivity index (χ3n) is 4.04. The lowest BCUT2D eigenvalue weighted by atomic mass is 9.73. The van der Waals surface area contributed by atoms with E-state index < -0.39 is 11.9 Å². The van der Waals surface area contributed by atoms with E-state index in [1.807, 2.05) is 38.1 Å². The largest absolute Gasteiger partial charge is 0.481 e. The summed E-state index contributed by atoms with van der Waals surface area (Å²) in [4.78, 5) is 21.6. The van der Waals surface area contributed by atoms with Gasteiger partial charge in [0.2, 0.25) is 0 Å². The Bertz CT molecular complexity index is 458. The predicted octanol–water partition coefficient (Wildman–Crippen LogP) is 3.24. The Kier molecular flexibility index (Phi) is 5.74. The summed E-state index contributed by atoms with van der Waals surface area (Å²) in [6, 6.07) is 7.68. The van der Waals surface area contributed by atoms with Crippen LogP contribution in [-0.2, 0) is 21.4 Å². The summed E-state index contributed by atoms with van der Waals surface area (Å²) in [7, 11) is 0. The Morgan fingerprint density at radius 1 is 1.00 bits per heavy atom. The molecule has 0 saturated carbocycles. The van der Waals surface area contributed by atoms with Gasteiger partial charge in [-0.15, -0.1) is 0 Å². The molecular formula is C16H22O4.